The lowest BCUT2D eigenvalue weighted by Crippen LogP contribution is -2.17. The van der Waals surface area contributed by atoms with Crippen LogP contribution in [-0.2, 0) is 22.8 Å². The van der Waals surface area contributed by atoms with Crippen LogP contribution in [-0.4, -0.2) is 18.2 Å². The van der Waals surface area contributed by atoms with Crippen molar-refractivity contribution in [3.05, 3.63) is 45.1 Å². The van der Waals surface area contributed by atoms with Gasteiger partial charge in [-0.25, -0.2) is 8.42 Å². The lowest BCUT2D eigenvalue weighted by atomic mass is 10.2. The van der Waals surface area contributed by atoms with Crippen molar-refractivity contribution in [3.63, 3.8) is 0 Å². The number of sulfonamides is 1. The van der Waals surface area contributed by atoms with Crippen molar-refractivity contribution in [1.82, 2.24) is 9.78 Å². The van der Waals surface area contributed by atoms with Gasteiger partial charge in [0.2, 0.25) is 10.0 Å². The molecule has 0 bridgehead atoms. The van der Waals surface area contributed by atoms with Gasteiger partial charge in [-0.3, -0.25) is 9.40 Å². The van der Waals surface area contributed by atoms with Crippen molar-refractivity contribution in [2.75, 3.05) is 4.72 Å². The standard InChI is InChI=1S/C13H15Cl2N3O2S/c1-8-9(2)16-18(3)13(8)17-21(19,20)7-10-4-11(14)6-12(15)5-10/h4-6,17H,7H2,1-3H3. The zero-order chi connectivity index (χ0) is 15.8. The molecule has 1 N–H and O–H groups in total. The summed E-state index contributed by atoms with van der Waals surface area (Å²) in [5.74, 6) is 0.248. The number of rotatable bonds is 4. The fourth-order valence-corrected chi connectivity index (χ4v) is 3.83. The summed E-state index contributed by atoms with van der Waals surface area (Å²) < 4.78 is 28.6. The largest absolute Gasteiger partial charge is 0.267 e. The summed E-state index contributed by atoms with van der Waals surface area (Å²) in [5, 5.41) is 4.98. The van der Waals surface area contributed by atoms with Crippen LogP contribution in [0, 0.1) is 13.8 Å². The van der Waals surface area contributed by atoms with Crippen LogP contribution >= 0.6 is 23.2 Å². The average Bonchev–Trinajstić information content (AvgIpc) is 2.53. The normalized spacial score (nSPS) is 11.7. The minimum atomic E-state index is -3.58. The Morgan fingerprint density at radius 1 is 1.19 bits per heavy atom. The van der Waals surface area contributed by atoms with Gasteiger partial charge in [-0.05, 0) is 37.6 Å². The fourth-order valence-electron chi connectivity index (χ4n) is 2.00. The van der Waals surface area contributed by atoms with Crippen molar-refractivity contribution in [2.45, 2.75) is 19.6 Å². The summed E-state index contributed by atoms with van der Waals surface area (Å²) in [5.41, 5.74) is 2.10. The van der Waals surface area contributed by atoms with Gasteiger partial charge in [0.15, 0.2) is 0 Å². The third kappa shape index (κ3) is 3.90. The highest BCUT2D eigenvalue weighted by Crippen LogP contribution is 2.23. The van der Waals surface area contributed by atoms with Gasteiger partial charge in [-0.2, -0.15) is 5.10 Å². The van der Waals surface area contributed by atoms with E-state index < -0.39 is 10.0 Å². The highest BCUT2D eigenvalue weighted by Gasteiger charge is 2.17. The van der Waals surface area contributed by atoms with E-state index >= 15 is 0 Å². The molecule has 0 aliphatic carbocycles. The summed E-state index contributed by atoms with van der Waals surface area (Å²) in [7, 11) is -1.89. The molecule has 21 heavy (non-hydrogen) atoms. The number of aryl methyl sites for hydroxylation is 2. The molecule has 0 aliphatic rings. The van der Waals surface area contributed by atoms with E-state index in [0.29, 0.717) is 21.4 Å². The lowest BCUT2D eigenvalue weighted by Gasteiger charge is -2.10. The summed E-state index contributed by atoms with van der Waals surface area (Å²) in [6, 6.07) is 4.71. The Kier molecular flexibility index (Phi) is 4.51. The number of nitrogens with zero attached hydrogens (tertiary/aromatic N) is 2. The zero-order valence-electron chi connectivity index (χ0n) is 11.8. The van der Waals surface area contributed by atoms with Crippen LogP contribution in [0.15, 0.2) is 18.2 Å². The molecule has 114 valence electrons. The van der Waals surface area contributed by atoms with Gasteiger partial charge < -0.3 is 0 Å². The van der Waals surface area contributed by atoms with Crippen LogP contribution < -0.4 is 4.72 Å². The van der Waals surface area contributed by atoms with Gasteiger partial charge in [-0.1, -0.05) is 23.2 Å². The van der Waals surface area contributed by atoms with Crippen LogP contribution in [0.1, 0.15) is 16.8 Å². The monoisotopic (exact) mass is 347 g/mol. The van der Waals surface area contributed by atoms with Crippen molar-refractivity contribution in [3.8, 4) is 0 Å². The molecular formula is C13H15Cl2N3O2S. The van der Waals surface area contributed by atoms with Crippen LogP contribution in [0.25, 0.3) is 0 Å². The molecule has 0 atom stereocenters. The van der Waals surface area contributed by atoms with Gasteiger partial charge in [0, 0.05) is 22.7 Å². The zero-order valence-corrected chi connectivity index (χ0v) is 14.1. The third-order valence-electron chi connectivity index (χ3n) is 3.05. The molecule has 0 saturated carbocycles. The van der Waals surface area contributed by atoms with Crippen LogP contribution in [0.5, 0.6) is 0 Å². The number of anilines is 1. The molecule has 8 heteroatoms. The number of nitrogens with one attached hydrogen (secondary N) is 1. The Hall–Kier alpha value is -1.24. The molecule has 1 aromatic carbocycles. The second-order valence-corrected chi connectivity index (χ2v) is 7.42. The summed E-state index contributed by atoms with van der Waals surface area (Å²) in [6.07, 6.45) is 0. The van der Waals surface area contributed by atoms with Crippen molar-refractivity contribution < 1.29 is 8.42 Å². The lowest BCUT2D eigenvalue weighted by molar-refractivity contribution is 0.599. The van der Waals surface area contributed by atoms with E-state index in [1.54, 1.807) is 25.2 Å². The van der Waals surface area contributed by atoms with Crippen LogP contribution in [0.4, 0.5) is 5.82 Å². The Bertz CT molecular complexity index is 765. The maximum atomic E-state index is 12.3. The second-order valence-electron chi connectivity index (χ2n) is 4.82. The summed E-state index contributed by atoms with van der Waals surface area (Å²) >= 11 is 11.8. The first-order valence-electron chi connectivity index (χ1n) is 6.13. The smallest absolute Gasteiger partial charge is 0.238 e. The predicted molar refractivity (Wildman–Crippen MR) is 85.4 cm³/mol. The fraction of sp³-hybridized carbons (Fsp3) is 0.308. The maximum Gasteiger partial charge on any atom is 0.238 e. The Labute approximate surface area is 133 Å². The SMILES string of the molecule is Cc1nn(C)c(NS(=O)(=O)Cc2cc(Cl)cc(Cl)c2)c1C. The molecule has 2 rings (SSSR count). The molecular weight excluding hydrogens is 333 g/mol. The maximum absolute atomic E-state index is 12.3. The average molecular weight is 348 g/mol. The molecule has 0 spiro atoms. The number of benzene rings is 1. The molecule has 0 radical (unpaired) electrons. The van der Waals surface area contributed by atoms with E-state index in [4.69, 9.17) is 23.2 Å². The van der Waals surface area contributed by atoms with Crippen LogP contribution in [0.3, 0.4) is 0 Å². The Balaban J connectivity index is 2.26. The van der Waals surface area contributed by atoms with E-state index in [1.807, 2.05) is 13.8 Å². The van der Waals surface area contributed by atoms with Gasteiger partial charge in [0.1, 0.15) is 5.82 Å². The molecule has 0 fully saturated rings. The third-order valence-corrected chi connectivity index (χ3v) is 4.71. The first-order chi connectivity index (χ1) is 9.68. The molecule has 0 saturated heterocycles. The first kappa shape index (κ1) is 16.1. The van der Waals surface area contributed by atoms with Crippen molar-refractivity contribution in [1.29, 1.82) is 0 Å². The minimum absolute atomic E-state index is 0.211. The van der Waals surface area contributed by atoms with Gasteiger partial charge in [0.05, 0.1) is 11.4 Å². The summed E-state index contributed by atoms with van der Waals surface area (Å²) in [6.45, 7) is 3.64. The van der Waals surface area contributed by atoms with E-state index in [-0.39, 0.29) is 5.75 Å². The van der Waals surface area contributed by atoms with Crippen molar-refractivity contribution >= 4 is 39.0 Å². The molecule has 0 aliphatic heterocycles. The molecule has 5 nitrogen and oxygen atoms in total. The van der Waals surface area contributed by atoms with E-state index in [1.165, 1.54) is 4.68 Å². The summed E-state index contributed by atoms with van der Waals surface area (Å²) in [4.78, 5) is 0. The number of aromatic nitrogens is 2. The van der Waals surface area contributed by atoms with E-state index in [0.717, 1.165) is 11.3 Å². The highest BCUT2D eigenvalue weighted by atomic mass is 35.5. The quantitative estimate of drug-likeness (QED) is 0.922. The van der Waals surface area contributed by atoms with Crippen LogP contribution in [0.2, 0.25) is 10.0 Å². The first-order valence-corrected chi connectivity index (χ1v) is 8.54. The number of hydrogen-bond donors (Lipinski definition) is 1. The Morgan fingerprint density at radius 2 is 1.76 bits per heavy atom. The Morgan fingerprint density at radius 3 is 2.24 bits per heavy atom. The van der Waals surface area contributed by atoms with Crippen molar-refractivity contribution in [2.24, 2.45) is 7.05 Å². The second kappa shape index (κ2) is 5.87. The molecule has 0 amide bonds. The number of hydrogen-bond acceptors (Lipinski definition) is 3. The van der Waals surface area contributed by atoms with Gasteiger partial charge >= 0.3 is 0 Å². The van der Waals surface area contributed by atoms with E-state index in [2.05, 4.69) is 9.82 Å². The predicted octanol–water partition coefficient (Wildman–Crippen LogP) is 3.29. The number of halogens is 2. The van der Waals surface area contributed by atoms with Gasteiger partial charge in [-0.15, -0.1) is 0 Å². The van der Waals surface area contributed by atoms with E-state index in [9.17, 15) is 8.42 Å². The molecule has 2 aromatic rings. The highest BCUT2D eigenvalue weighted by molar-refractivity contribution is 7.91. The topological polar surface area (TPSA) is 64.0 Å². The molecule has 1 aromatic heterocycles. The minimum Gasteiger partial charge on any atom is -0.267 e. The van der Waals surface area contributed by atoms with Gasteiger partial charge in [0.25, 0.3) is 0 Å². The molecule has 0 unspecified atom stereocenters. The molecule has 1 heterocycles.